The molecule has 2 amide bonds. The maximum Gasteiger partial charge on any atom is 0.418 e. The van der Waals surface area contributed by atoms with E-state index >= 15 is 0 Å². The maximum atomic E-state index is 12.7. The fourth-order valence-electron chi connectivity index (χ4n) is 1.93. The van der Waals surface area contributed by atoms with Gasteiger partial charge in [0.1, 0.15) is 0 Å². The summed E-state index contributed by atoms with van der Waals surface area (Å²) in [6.45, 7) is 0.381. The van der Waals surface area contributed by atoms with Crippen LogP contribution in [-0.4, -0.2) is 36.3 Å². The second-order valence-electron chi connectivity index (χ2n) is 4.38. The number of rotatable bonds is 1. The van der Waals surface area contributed by atoms with Crippen LogP contribution in [0.5, 0.6) is 0 Å². The minimum Gasteiger partial charge on any atom is -0.398 e. The van der Waals surface area contributed by atoms with Crippen LogP contribution >= 0.6 is 0 Å². The fourth-order valence-corrected chi connectivity index (χ4v) is 1.93. The third kappa shape index (κ3) is 2.84. The van der Waals surface area contributed by atoms with Gasteiger partial charge in [0.15, 0.2) is 0 Å². The van der Waals surface area contributed by atoms with Crippen LogP contribution in [0, 0.1) is 0 Å². The first-order valence-electron chi connectivity index (χ1n) is 5.82. The molecule has 5 nitrogen and oxygen atoms in total. The Morgan fingerprint density at radius 2 is 2.05 bits per heavy atom. The van der Waals surface area contributed by atoms with Gasteiger partial charge in [-0.3, -0.25) is 9.59 Å². The molecule has 0 aromatic heterocycles. The molecule has 20 heavy (non-hydrogen) atoms. The highest BCUT2D eigenvalue weighted by atomic mass is 19.4. The number of nitrogens with zero attached hydrogens (tertiary/aromatic N) is 1. The van der Waals surface area contributed by atoms with Gasteiger partial charge in [-0.1, -0.05) is 0 Å². The largest absolute Gasteiger partial charge is 0.418 e. The summed E-state index contributed by atoms with van der Waals surface area (Å²) in [4.78, 5) is 24.5. The minimum atomic E-state index is -4.63. The molecule has 0 atom stereocenters. The van der Waals surface area contributed by atoms with E-state index in [0.717, 1.165) is 6.07 Å². The van der Waals surface area contributed by atoms with Crippen LogP contribution in [0.15, 0.2) is 18.2 Å². The molecular weight excluding hydrogens is 275 g/mol. The number of alkyl halides is 3. The zero-order valence-corrected chi connectivity index (χ0v) is 10.3. The van der Waals surface area contributed by atoms with Crippen molar-refractivity contribution < 1.29 is 22.8 Å². The second kappa shape index (κ2) is 5.03. The zero-order valence-electron chi connectivity index (χ0n) is 10.3. The Hall–Kier alpha value is -2.25. The SMILES string of the molecule is Nc1ccc(C(=O)N2CCNC(=O)C2)cc1C(F)(F)F. The van der Waals surface area contributed by atoms with E-state index in [1.165, 1.54) is 11.0 Å². The molecule has 1 heterocycles. The van der Waals surface area contributed by atoms with Gasteiger partial charge in [0.2, 0.25) is 5.91 Å². The van der Waals surface area contributed by atoms with Crippen LogP contribution < -0.4 is 11.1 Å². The predicted octanol–water partition coefficient (Wildman–Crippen LogP) is 0.860. The third-order valence-corrected chi connectivity index (χ3v) is 2.93. The van der Waals surface area contributed by atoms with Gasteiger partial charge in [-0.15, -0.1) is 0 Å². The lowest BCUT2D eigenvalue weighted by Crippen LogP contribution is -2.50. The summed E-state index contributed by atoms with van der Waals surface area (Å²) in [7, 11) is 0. The number of carbonyl (C=O) groups is 2. The molecule has 1 aromatic carbocycles. The van der Waals surface area contributed by atoms with Gasteiger partial charge in [-0.05, 0) is 18.2 Å². The van der Waals surface area contributed by atoms with Crippen molar-refractivity contribution >= 4 is 17.5 Å². The number of piperazine rings is 1. The minimum absolute atomic E-state index is 0.138. The summed E-state index contributed by atoms with van der Waals surface area (Å²) in [5, 5.41) is 2.53. The third-order valence-electron chi connectivity index (χ3n) is 2.93. The molecule has 0 aliphatic carbocycles. The quantitative estimate of drug-likeness (QED) is 0.752. The maximum absolute atomic E-state index is 12.7. The van der Waals surface area contributed by atoms with E-state index in [2.05, 4.69) is 5.32 Å². The van der Waals surface area contributed by atoms with Crippen molar-refractivity contribution in [3.05, 3.63) is 29.3 Å². The number of hydrogen-bond acceptors (Lipinski definition) is 3. The van der Waals surface area contributed by atoms with Crippen molar-refractivity contribution in [3.63, 3.8) is 0 Å². The molecule has 0 radical (unpaired) electrons. The Morgan fingerprint density at radius 1 is 1.35 bits per heavy atom. The van der Waals surface area contributed by atoms with E-state index in [1.807, 2.05) is 0 Å². The average molecular weight is 287 g/mol. The van der Waals surface area contributed by atoms with E-state index in [4.69, 9.17) is 5.73 Å². The molecule has 0 bridgehead atoms. The Morgan fingerprint density at radius 3 is 2.65 bits per heavy atom. The normalized spacial score (nSPS) is 15.9. The number of hydrogen-bond donors (Lipinski definition) is 2. The lowest BCUT2D eigenvalue weighted by atomic mass is 10.1. The molecular formula is C12H12F3N3O2. The number of anilines is 1. The van der Waals surface area contributed by atoms with Crippen LogP contribution in [0.4, 0.5) is 18.9 Å². The van der Waals surface area contributed by atoms with Gasteiger partial charge in [0.25, 0.3) is 5.91 Å². The van der Waals surface area contributed by atoms with Crippen molar-refractivity contribution in [2.24, 2.45) is 0 Å². The van der Waals surface area contributed by atoms with Crippen LogP contribution in [0.3, 0.4) is 0 Å². The summed E-state index contributed by atoms with van der Waals surface area (Å²) >= 11 is 0. The van der Waals surface area contributed by atoms with Gasteiger partial charge in [0.05, 0.1) is 12.1 Å². The molecule has 2 rings (SSSR count). The Balaban J connectivity index is 2.29. The molecule has 1 saturated heterocycles. The molecule has 1 aliphatic heterocycles. The monoisotopic (exact) mass is 287 g/mol. The number of nitrogens with one attached hydrogen (secondary N) is 1. The van der Waals surface area contributed by atoms with Gasteiger partial charge < -0.3 is 16.0 Å². The van der Waals surface area contributed by atoms with Crippen LogP contribution in [0.25, 0.3) is 0 Å². The number of benzene rings is 1. The first-order chi connectivity index (χ1) is 9.29. The second-order valence-corrected chi connectivity index (χ2v) is 4.38. The number of halogens is 3. The molecule has 0 spiro atoms. The fraction of sp³-hybridized carbons (Fsp3) is 0.333. The summed E-state index contributed by atoms with van der Waals surface area (Å²) < 4.78 is 38.2. The lowest BCUT2D eigenvalue weighted by molar-refractivity contribution is -0.137. The topological polar surface area (TPSA) is 75.4 Å². The van der Waals surface area contributed by atoms with E-state index in [-0.39, 0.29) is 31.1 Å². The number of amides is 2. The summed E-state index contributed by atoms with van der Waals surface area (Å²) in [6.07, 6.45) is -4.63. The summed E-state index contributed by atoms with van der Waals surface area (Å²) in [5.41, 5.74) is 3.64. The molecule has 1 aliphatic rings. The predicted molar refractivity (Wildman–Crippen MR) is 64.8 cm³/mol. The molecule has 0 saturated carbocycles. The Kier molecular flexibility index (Phi) is 3.56. The molecule has 108 valence electrons. The molecule has 3 N–H and O–H groups in total. The van der Waals surface area contributed by atoms with Gasteiger partial charge in [-0.2, -0.15) is 13.2 Å². The zero-order chi connectivity index (χ0) is 14.9. The summed E-state index contributed by atoms with van der Waals surface area (Å²) in [5.74, 6) is -0.957. The lowest BCUT2D eigenvalue weighted by Gasteiger charge is -2.27. The first kappa shape index (κ1) is 14.2. The van der Waals surface area contributed by atoms with Crippen molar-refractivity contribution in [1.82, 2.24) is 10.2 Å². The Bertz CT molecular complexity index is 557. The standard InChI is InChI=1S/C12H12F3N3O2/c13-12(14,15)8-5-7(1-2-9(8)16)11(20)18-4-3-17-10(19)6-18/h1-2,5H,3-4,6,16H2,(H,17,19). The van der Waals surface area contributed by atoms with Gasteiger partial charge in [-0.25, -0.2) is 0 Å². The van der Waals surface area contributed by atoms with Crippen molar-refractivity contribution in [1.29, 1.82) is 0 Å². The molecule has 0 unspecified atom stereocenters. The Labute approximate surface area is 112 Å². The summed E-state index contributed by atoms with van der Waals surface area (Å²) in [6, 6.07) is 2.98. The van der Waals surface area contributed by atoms with Crippen molar-refractivity contribution in [3.8, 4) is 0 Å². The highest BCUT2D eigenvalue weighted by molar-refractivity contribution is 5.97. The van der Waals surface area contributed by atoms with Gasteiger partial charge in [0, 0.05) is 24.3 Å². The van der Waals surface area contributed by atoms with E-state index in [1.54, 1.807) is 0 Å². The molecule has 1 aromatic rings. The highest BCUT2D eigenvalue weighted by Crippen LogP contribution is 2.34. The smallest absolute Gasteiger partial charge is 0.398 e. The number of nitrogens with two attached hydrogens (primary N) is 1. The van der Waals surface area contributed by atoms with Crippen molar-refractivity contribution in [2.75, 3.05) is 25.4 Å². The van der Waals surface area contributed by atoms with Crippen LogP contribution in [0.2, 0.25) is 0 Å². The highest BCUT2D eigenvalue weighted by Gasteiger charge is 2.34. The van der Waals surface area contributed by atoms with Crippen LogP contribution in [0.1, 0.15) is 15.9 Å². The number of carbonyl (C=O) groups excluding carboxylic acids is 2. The van der Waals surface area contributed by atoms with E-state index < -0.39 is 23.3 Å². The van der Waals surface area contributed by atoms with Crippen LogP contribution in [-0.2, 0) is 11.0 Å². The van der Waals surface area contributed by atoms with Crippen molar-refractivity contribution in [2.45, 2.75) is 6.18 Å². The van der Waals surface area contributed by atoms with Gasteiger partial charge >= 0.3 is 6.18 Å². The molecule has 8 heteroatoms. The van der Waals surface area contributed by atoms with E-state index in [0.29, 0.717) is 6.07 Å². The average Bonchev–Trinajstić information content (AvgIpc) is 2.37. The van der Waals surface area contributed by atoms with E-state index in [9.17, 15) is 22.8 Å². The molecule has 1 fully saturated rings. The first-order valence-corrected chi connectivity index (χ1v) is 5.82. The number of nitrogen functional groups attached to an aromatic ring is 1.